The van der Waals surface area contributed by atoms with E-state index in [2.05, 4.69) is 15.0 Å². The van der Waals surface area contributed by atoms with Crippen LogP contribution in [0.2, 0.25) is 0 Å². The SMILES string of the molecule is CCc1nc(-c2cc(C)nc(C)c2)ncc1C(=O)O. The third-order valence-corrected chi connectivity index (χ3v) is 2.77. The summed E-state index contributed by atoms with van der Waals surface area (Å²) in [5, 5.41) is 9.06. The van der Waals surface area contributed by atoms with Crippen molar-refractivity contribution < 1.29 is 9.90 Å². The topological polar surface area (TPSA) is 76.0 Å². The highest BCUT2D eigenvalue weighted by molar-refractivity contribution is 5.88. The molecule has 5 nitrogen and oxygen atoms in total. The Kier molecular flexibility index (Phi) is 3.55. The van der Waals surface area contributed by atoms with Crippen molar-refractivity contribution in [1.82, 2.24) is 15.0 Å². The highest BCUT2D eigenvalue weighted by atomic mass is 16.4. The van der Waals surface area contributed by atoms with Gasteiger partial charge in [-0.1, -0.05) is 6.92 Å². The Hall–Kier alpha value is -2.30. The van der Waals surface area contributed by atoms with Crippen molar-refractivity contribution in [2.75, 3.05) is 0 Å². The largest absolute Gasteiger partial charge is 0.478 e. The third kappa shape index (κ3) is 2.76. The molecule has 0 amide bonds. The summed E-state index contributed by atoms with van der Waals surface area (Å²) in [5.41, 5.74) is 3.34. The van der Waals surface area contributed by atoms with Gasteiger partial charge in [0.15, 0.2) is 5.82 Å². The molecule has 0 unspecified atom stereocenters. The lowest BCUT2D eigenvalue weighted by atomic mass is 10.1. The lowest BCUT2D eigenvalue weighted by Gasteiger charge is -2.07. The molecule has 0 spiro atoms. The number of carboxylic acid groups (broad SMARTS) is 1. The molecule has 2 aromatic rings. The van der Waals surface area contributed by atoms with Crippen LogP contribution in [-0.2, 0) is 6.42 Å². The minimum Gasteiger partial charge on any atom is -0.478 e. The number of pyridine rings is 1. The number of aryl methyl sites for hydroxylation is 3. The van der Waals surface area contributed by atoms with E-state index in [9.17, 15) is 4.79 Å². The predicted octanol–water partition coefficient (Wildman–Crippen LogP) is 2.42. The van der Waals surface area contributed by atoms with E-state index in [0.29, 0.717) is 17.9 Å². The van der Waals surface area contributed by atoms with Gasteiger partial charge >= 0.3 is 5.97 Å². The van der Waals surface area contributed by atoms with E-state index in [-0.39, 0.29) is 5.56 Å². The minimum atomic E-state index is -0.995. The van der Waals surface area contributed by atoms with Crippen molar-refractivity contribution >= 4 is 5.97 Å². The maximum atomic E-state index is 11.0. The Morgan fingerprint density at radius 3 is 2.37 bits per heavy atom. The standard InChI is InChI=1S/C14H15N3O2/c1-4-12-11(14(18)19)7-15-13(17-12)10-5-8(2)16-9(3)6-10/h5-7H,4H2,1-3H3,(H,18,19). The molecule has 2 heterocycles. The predicted molar refractivity (Wildman–Crippen MR) is 71.1 cm³/mol. The quantitative estimate of drug-likeness (QED) is 0.913. The van der Waals surface area contributed by atoms with Gasteiger partial charge in [0.05, 0.1) is 11.3 Å². The monoisotopic (exact) mass is 257 g/mol. The average molecular weight is 257 g/mol. The van der Waals surface area contributed by atoms with Crippen molar-refractivity contribution in [3.8, 4) is 11.4 Å². The van der Waals surface area contributed by atoms with Crippen molar-refractivity contribution in [3.63, 3.8) is 0 Å². The highest BCUT2D eigenvalue weighted by Crippen LogP contribution is 2.18. The fraction of sp³-hybridized carbons (Fsp3) is 0.286. The van der Waals surface area contributed by atoms with E-state index >= 15 is 0 Å². The molecule has 0 bridgehead atoms. The molecular weight excluding hydrogens is 242 g/mol. The van der Waals surface area contributed by atoms with Crippen molar-refractivity contribution in [3.05, 3.63) is 41.0 Å². The number of aromatic nitrogens is 3. The zero-order chi connectivity index (χ0) is 14.0. The molecule has 0 atom stereocenters. The molecule has 0 fully saturated rings. The first-order valence-corrected chi connectivity index (χ1v) is 6.06. The number of aromatic carboxylic acids is 1. The number of carbonyl (C=O) groups is 1. The van der Waals surface area contributed by atoms with Gasteiger partial charge in [0.2, 0.25) is 0 Å². The van der Waals surface area contributed by atoms with Gasteiger partial charge in [0.1, 0.15) is 0 Å². The Bertz CT molecular complexity index is 618. The summed E-state index contributed by atoms with van der Waals surface area (Å²) in [5.74, 6) is -0.457. The van der Waals surface area contributed by atoms with Crippen molar-refractivity contribution in [1.29, 1.82) is 0 Å². The molecule has 0 aliphatic heterocycles. The molecule has 0 radical (unpaired) electrons. The second-order valence-electron chi connectivity index (χ2n) is 4.35. The van der Waals surface area contributed by atoms with Crippen LogP contribution in [0.4, 0.5) is 0 Å². The van der Waals surface area contributed by atoms with Crippen molar-refractivity contribution in [2.24, 2.45) is 0 Å². The fourth-order valence-electron chi connectivity index (χ4n) is 1.97. The van der Waals surface area contributed by atoms with Gasteiger partial charge < -0.3 is 5.11 Å². The molecule has 2 aromatic heterocycles. The van der Waals surface area contributed by atoms with E-state index in [1.165, 1.54) is 6.20 Å². The summed E-state index contributed by atoms with van der Waals surface area (Å²) in [4.78, 5) is 23.8. The second kappa shape index (κ2) is 5.14. The number of hydrogen-bond acceptors (Lipinski definition) is 4. The Morgan fingerprint density at radius 1 is 1.21 bits per heavy atom. The van der Waals surface area contributed by atoms with Gasteiger partial charge in [-0.3, -0.25) is 4.98 Å². The summed E-state index contributed by atoms with van der Waals surface area (Å²) in [7, 11) is 0. The smallest absolute Gasteiger partial charge is 0.339 e. The molecule has 2 rings (SSSR count). The Labute approximate surface area is 111 Å². The second-order valence-corrected chi connectivity index (χ2v) is 4.35. The van der Waals surface area contributed by atoms with Crippen LogP contribution < -0.4 is 0 Å². The van der Waals surface area contributed by atoms with Crippen LogP contribution >= 0.6 is 0 Å². The van der Waals surface area contributed by atoms with Gasteiger partial charge in [-0.25, -0.2) is 14.8 Å². The molecule has 0 aliphatic carbocycles. The van der Waals surface area contributed by atoms with Crippen LogP contribution in [0.5, 0.6) is 0 Å². The van der Waals surface area contributed by atoms with Gasteiger partial charge in [-0.2, -0.15) is 0 Å². The van der Waals surface area contributed by atoms with Crippen LogP contribution in [0.25, 0.3) is 11.4 Å². The molecule has 0 saturated heterocycles. The van der Waals surface area contributed by atoms with E-state index in [1.54, 1.807) is 0 Å². The van der Waals surface area contributed by atoms with Crippen LogP contribution in [0.1, 0.15) is 34.4 Å². The van der Waals surface area contributed by atoms with Crippen LogP contribution in [0.15, 0.2) is 18.3 Å². The molecule has 0 aromatic carbocycles. The zero-order valence-electron chi connectivity index (χ0n) is 11.1. The number of nitrogens with zero attached hydrogens (tertiary/aromatic N) is 3. The lowest BCUT2D eigenvalue weighted by molar-refractivity contribution is 0.0694. The molecule has 5 heteroatoms. The normalized spacial score (nSPS) is 10.5. The fourth-order valence-corrected chi connectivity index (χ4v) is 1.97. The van der Waals surface area contributed by atoms with Crippen LogP contribution in [0.3, 0.4) is 0 Å². The summed E-state index contributed by atoms with van der Waals surface area (Å²) in [6, 6.07) is 3.78. The van der Waals surface area contributed by atoms with Crippen molar-refractivity contribution in [2.45, 2.75) is 27.2 Å². The molecule has 0 saturated carbocycles. The molecular formula is C14H15N3O2. The van der Waals surface area contributed by atoms with E-state index < -0.39 is 5.97 Å². The Balaban J connectivity index is 2.54. The number of rotatable bonds is 3. The lowest BCUT2D eigenvalue weighted by Crippen LogP contribution is -2.07. The van der Waals surface area contributed by atoms with Gasteiger partial charge in [0, 0.05) is 23.1 Å². The summed E-state index contributed by atoms with van der Waals surface area (Å²) in [6.07, 6.45) is 1.93. The minimum absolute atomic E-state index is 0.161. The summed E-state index contributed by atoms with van der Waals surface area (Å²) in [6.45, 7) is 5.69. The maximum Gasteiger partial charge on any atom is 0.339 e. The van der Waals surface area contributed by atoms with Gasteiger partial charge in [0.25, 0.3) is 0 Å². The third-order valence-electron chi connectivity index (χ3n) is 2.77. The maximum absolute atomic E-state index is 11.0. The first kappa shape index (κ1) is 13.1. The zero-order valence-corrected chi connectivity index (χ0v) is 11.1. The van der Waals surface area contributed by atoms with E-state index in [4.69, 9.17) is 5.11 Å². The van der Waals surface area contributed by atoms with Gasteiger partial charge in [-0.05, 0) is 32.4 Å². The van der Waals surface area contributed by atoms with E-state index in [1.807, 2.05) is 32.9 Å². The molecule has 1 N–H and O–H groups in total. The highest BCUT2D eigenvalue weighted by Gasteiger charge is 2.13. The van der Waals surface area contributed by atoms with Gasteiger partial charge in [-0.15, -0.1) is 0 Å². The summed E-state index contributed by atoms with van der Waals surface area (Å²) < 4.78 is 0. The van der Waals surface area contributed by atoms with Crippen LogP contribution in [-0.4, -0.2) is 26.0 Å². The first-order chi connectivity index (χ1) is 9.01. The number of carboxylic acids is 1. The number of hydrogen-bond donors (Lipinski definition) is 1. The average Bonchev–Trinajstić information content (AvgIpc) is 2.36. The first-order valence-electron chi connectivity index (χ1n) is 6.06. The summed E-state index contributed by atoms with van der Waals surface area (Å²) >= 11 is 0. The molecule has 98 valence electrons. The molecule has 0 aliphatic rings. The van der Waals surface area contributed by atoms with E-state index in [0.717, 1.165) is 17.0 Å². The Morgan fingerprint density at radius 2 is 1.84 bits per heavy atom. The van der Waals surface area contributed by atoms with Crippen LogP contribution in [0, 0.1) is 13.8 Å². The molecule has 19 heavy (non-hydrogen) atoms.